The lowest BCUT2D eigenvalue weighted by molar-refractivity contribution is -0.133. The Balaban J connectivity index is 1.88. The van der Waals surface area contributed by atoms with E-state index in [1.54, 1.807) is 19.2 Å². The van der Waals surface area contributed by atoms with Gasteiger partial charge in [0.1, 0.15) is 12.4 Å². The van der Waals surface area contributed by atoms with E-state index in [0.717, 1.165) is 22.4 Å². The third-order valence-electron chi connectivity index (χ3n) is 5.39. The molecule has 7 heteroatoms. The van der Waals surface area contributed by atoms with Crippen molar-refractivity contribution in [3.8, 4) is 0 Å². The van der Waals surface area contributed by atoms with Gasteiger partial charge in [0, 0.05) is 19.5 Å². The van der Waals surface area contributed by atoms with Gasteiger partial charge in [-0.15, -0.1) is 0 Å². The number of aryl methyl sites for hydroxylation is 2. The lowest BCUT2D eigenvalue weighted by Crippen LogP contribution is -2.45. The molecule has 0 radical (unpaired) electrons. The van der Waals surface area contributed by atoms with Crippen LogP contribution in [0.5, 0.6) is 0 Å². The van der Waals surface area contributed by atoms with Crippen LogP contribution in [0.4, 0.5) is 9.18 Å². The van der Waals surface area contributed by atoms with Gasteiger partial charge in [0.2, 0.25) is 0 Å². The third kappa shape index (κ3) is 5.29. The second-order valence-corrected chi connectivity index (χ2v) is 8.32. The topological polar surface area (TPSA) is 65.0 Å². The minimum atomic E-state index is -0.355. The molecule has 0 spiro atoms. The molecule has 0 fully saturated rings. The van der Waals surface area contributed by atoms with Crippen molar-refractivity contribution in [2.75, 3.05) is 13.6 Å². The predicted octanol–water partition coefficient (Wildman–Crippen LogP) is 4.17. The first-order valence-corrected chi connectivity index (χ1v) is 10.4. The van der Waals surface area contributed by atoms with Crippen molar-refractivity contribution < 1.29 is 14.0 Å². The van der Waals surface area contributed by atoms with E-state index in [9.17, 15) is 14.0 Å². The van der Waals surface area contributed by atoms with E-state index in [1.807, 2.05) is 39.8 Å². The molecule has 3 amide bonds. The number of benzene rings is 2. The van der Waals surface area contributed by atoms with E-state index < -0.39 is 0 Å². The summed E-state index contributed by atoms with van der Waals surface area (Å²) in [4.78, 5) is 26.7. The molecule has 0 unspecified atom stereocenters. The van der Waals surface area contributed by atoms with Gasteiger partial charge in [-0.3, -0.25) is 4.79 Å². The van der Waals surface area contributed by atoms with Crippen LogP contribution < -0.4 is 5.32 Å². The van der Waals surface area contributed by atoms with Crippen LogP contribution in [0.2, 0.25) is 0 Å². The molecular formula is C24H29FN4O2. The van der Waals surface area contributed by atoms with Gasteiger partial charge in [-0.1, -0.05) is 24.3 Å². The maximum atomic E-state index is 13.5. The van der Waals surface area contributed by atoms with Gasteiger partial charge >= 0.3 is 6.03 Å². The standard InChI is InChI=1S/C24H29FN4O2/c1-15(2)26-24(31)28(5)14-23(30)29-22(18-8-10-20(25)11-9-18)13-21(27-29)19-7-6-16(3)17(4)12-19/h6-12,15,22H,13-14H2,1-5H3,(H,26,31)/t22-/m1/s1. The van der Waals surface area contributed by atoms with E-state index in [0.29, 0.717) is 6.42 Å². The van der Waals surface area contributed by atoms with Crippen LogP contribution in [-0.4, -0.2) is 47.2 Å². The van der Waals surface area contributed by atoms with E-state index in [2.05, 4.69) is 16.5 Å². The van der Waals surface area contributed by atoms with Crippen molar-refractivity contribution in [2.24, 2.45) is 5.10 Å². The molecule has 0 aromatic heterocycles. The van der Waals surface area contributed by atoms with Gasteiger partial charge in [0.15, 0.2) is 0 Å². The van der Waals surface area contributed by atoms with Crippen LogP contribution in [-0.2, 0) is 4.79 Å². The number of hydrogen-bond acceptors (Lipinski definition) is 3. The first-order chi connectivity index (χ1) is 14.7. The number of carbonyl (C=O) groups excluding carboxylic acids is 2. The van der Waals surface area contributed by atoms with Gasteiger partial charge < -0.3 is 10.2 Å². The molecule has 164 valence electrons. The highest BCUT2D eigenvalue weighted by Gasteiger charge is 2.34. The number of nitrogens with one attached hydrogen (secondary N) is 1. The zero-order valence-corrected chi connectivity index (χ0v) is 18.6. The lowest BCUT2D eigenvalue weighted by atomic mass is 9.96. The highest BCUT2D eigenvalue weighted by Crippen LogP contribution is 2.33. The summed E-state index contributed by atoms with van der Waals surface area (Å²) < 4.78 is 13.5. The lowest BCUT2D eigenvalue weighted by Gasteiger charge is -2.25. The Morgan fingerprint density at radius 2 is 1.84 bits per heavy atom. The zero-order chi connectivity index (χ0) is 22.7. The molecule has 1 heterocycles. The Morgan fingerprint density at radius 3 is 2.45 bits per heavy atom. The number of carbonyl (C=O) groups is 2. The number of likely N-dealkylation sites (N-methyl/N-ethyl adjacent to an activating group) is 1. The summed E-state index contributed by atoms with van der Waals surface area (Å²) in [6.45, 7) is 7.69. The highest BCUT2D eigenvalue weighted by atomic mass is 19.1. The molecule has 0 saturated heterocycles. The smallest absolute Gasteiger partial charge is 0.317 e. The summed E-state index contributed by atoms with van der Waals surface area (Å²) in [5.74, 6) is -0.630. The molecule has 1 N–H and O–H groups in total. The average Bonchev–Trinajstić information content (AvgIpc) is 3.15. The summed E-state index contributed by atoms with van der Waals surface area (Å²) in [6, 6.07) is 11.5. The number of halogens is 1. The van der Waals surface area contributed by atoms with E-state index >= 15 is 0 Å². The van der Waals surface area contributed by atoms with Crippen molar-refractivity contribution >= 4 is 17.6 Å². The molecule has 1 atom stereocenters. The molecule has 1 aliphatic heterocycles. The van der Waals surface area contributed by atoms with Crippen molar-refractivity contribution in [1.29, 1.82) is 0 Å². The SMILES string of the molecule is Cc1ccc(C2=NN(C(=O)CN(C)C(=O)NC(C)C)[C@@H](c3ccc(F)cc3)C2)cc1C. The maximum Gasteiger partial charge on any atom is 0.317 e. The van der Waals surface area contributed by atoms with Crippen LogP contribution in [0, 0.1) is 19.7 Å². The van der Waals surface area contributed by atoms with Gasteiger partial charge in [0.05, 0.1) is 11.8 Å². The van der Waals surface area contributed by atoms with Gasteiger partial charge in [0.25, 0.3) is 5.91 Å². The molecule has 6 nitrogen and oxygen atoms in total. The number of hydrazone groups is 1. The molecule has 31 heavy (non-hydrogen) atoms. The summed E-state index contributed by atoms with van der Waals surface area (Å²) >= 11 is 0. The van der Waals surface area contributed by atoms with Gasteiger partial charge in [-0.05, 0) is 68.1 Å². The molecule has 0 bridgehead atoms. The second-order valence-electron chi connectivity index (χ2n) is 8.32. The largest absolute Gasteiger partial charge is 0.336 e. The maximum absolute atomic E-state index is 13.5. The Morgan fingerprint density at radius 1 is 1.16 bits per heavy atom. The monoisotopic (exact) mass is 424 g/mol. The first-order valence-electron chi connectivity index (χ1n) is 10.4. The van der Waals surface area contributed by atoms with Crippen LogP contribution in [0.15, 0.2) is 47.6 Å². The van der Waals surface area contributed by atoms with Gasteiger partial charge in [-0.2, -0.15) is 5.10 Å². The van der Waals surface area contributed by atoms with Crippen molar-refractivity contribution in [2.45, 2.75) is 46.2 Å². The number of hydrogen-bond donors (Lipinski definition) is 1. The fourth-order valence-corrected chi connectivity index (χ4v) is 3.48. The molecule has 2 aromatic carbocycles. The Kier molecular flexibility index (Phi) is 6.73. The molecule has 0 saturated carbocycles. The Bertz CT molecular complexity index is 1000. The normalized spacial score (nSPS) is 15.8. The molecule has 2 aromatic rings. The quantitative estimate of drug-likeness (QED) is 0.783. The Labute approximate surface area is 182 Å². The number of rotatable bonds is 5. The number of urea groups is 1. The van der Waals surface area contributed by atoms with E-state index in [4.69, 9.17) is 0 Å². The highest BCUT2D eigenvalue weighted by molar-refractivity contribution is 6.03. The third-order valence-corrected chi connectivity index (χ3v) is 5.39. The van der Waals surface area contributed by atoms with Crippen molar-refractivity contribution in [3.63, 3.8) is 0 Å². The van der Waals surface area contributed by atoms with Crippen molar-refractivity contribution in [1.82, 2.24) is 15.2 Å². The Hall–Kier alpha value is -3.22. The summed E-state index contributed by atoms with van der Waals surface area (Å²) in [5, 5.41) is 8.83. The fourth-order valence-electron chi connectivity index (χ4n) is 3.48. The predicted molar refractivity (Wildman–Crippen MR) is 119 cm³/mol. The molecule has 0 aliphatic carbocycles. The number of amides is 3. The summed E-state index contributed by atoms with van der Waals surface area (Å²) in [5.41, 5.74) is 4.87. The van der Waals surface area contributed by atoms with Crippen LogP contribution in [0.3, 0.4) is 0 Å². The molecule has 1 aliphatic rings. The van der Waals surface area contributed by atoms with Crippen LogP contribution in [0.25, 0.3) is 0 Å². The van der Waals surface area contributed by atoms with E-state index in [1.165, 1.54) is 27.6 Å². The van der Waals surface area contributed by atoms with E-state index in [-0.39, 0.29) is 36.4 Å². The summed E-state index contributed by atoms with van der Waals surface area (Å²) in [7, 11) is 1.58. The second kappa shape index (κ2) is 9.29. The molecule has 3 rings (SSSR count). The van der Waals surface area contributed by atoms with Crippen molar-refractivity contribution in [3.05, 3.63) is 70.5 Å². The molecular weight excluding hydrogens is 395 g/mol. The average molecular weight is 425 g/mol. The van der Waals surface area contributed by atoms with Crippen LogP contribution >= 0.6 is 0 Å². The number of nitrogens with zero attached hydrogens (tertiary/aromatic N) is 3. The summed E-state index contributed by atoms with van der Waals surface area (Å²) in [6.07, 6.45) is 0.516. The van der Waals surface area contributed by atoms with Crippen LogP contribution in [0.1, 0.15) is 48.6 Å². The minimum absolute atomic E-state index is 0.0294. The van der Waals surface area contributed by atoms with Gasteiger partial charge in [-0.25, -0.2) is 14.2 Å². The fraction of sp³-hybridized carbons (Fsp3) is 0.375. The first kappa shape index (κ1) is 22.5. The minimum Gasteiger partial charge on any atom is -0.336 e. The zero-order valence-electron chi connectivity index (χ0n) is 18.6.